The van der Waals surface area contributed by atoms with Gasteiger partial charge in [-0.05, 0) is 36.1 Å². The fourth-order valence-corrected chi connectivity index (χ4v) is 2.78. The minimum absolute atomic E-state index is 0.00158. The number of hydrogen-bond donors (Lipinski definition) is 0. The van der Waals surface area contributed by atoms with Crippen LogP contribution in [0, 0.1) is 6.92 Å². The number of carbonyl (C=O) groups is 1. The molecule has 0 fully saturated rings. The molecule has 2 aromatic carbocycles. The standard InChI is InChI=1S/C20H21NO/c1-14-9-11-15(12-10-14)19(22)21-13-17(20(2,3)4)16-7-5-6-8-18(16)21/h5-13H,1-4H3. The zero-order valence-electron chi connectivity index (χ0n) is 13.6. The molecule has 0 spiro atoms. The van der Waals surface area contributed by atoms with Crippen molar-refractivity contribution >= 4 is 16.8 Å². The Morgan fingerprint density at radius 1 is 0.955 bits per heavy atom. The molecule has 112 valence electrons. The van der Waals surface area contributed by atoms with E-state index >= 15 is 0 Å². The molecular formula is C20H21NO. The SMILES string of the molecule is Cc1ccc(C(=O)n2cc(C(C)(C)C)c3ccccc32)cc1. The number of para-hydroxylation sites is 1. The van der Waals surface area contributed by atoms with Crippen LogP contribution in [0.4, 0.5) is 0 Å². The molecule has 0 saturated heterocycles. The minimum atomic E-state index is -0.00158. The summed E-state index contributed by atoms with van der Waals surface area (Å²) in [6, 6.07) is 15.8. The van der Waals surface area contributed by atoms with Gasteiger partial charge >= 0.3 is 0 Å². The lowest BCUT2D eigenvalue weighted by Gasteiger charge is -2.17. The van der Waals surface area contributed by atoms with Gasteiger partial charge in [0.1, 0.15) is 0 Å². The fourth-order valence-electron chi connectivity index (χ4n) is 2.78. The molecule has 22 heavy (non-hydrogen) atoms. The van der Waals surface area contributed by atoms with Crippen LogP contribution in [0.1, 0.15) is 42.3 Å². The molecule has 3 rings (SSSR count). The number of rotatable bonds is 1. The van der Waals surface area contributed by atoms with Gasteiger partial charge in [-0.1, -0.05) is 56.7 Å². The Balaban J connectivity index is 2.19. The van der Waals surface area contributed by atoms with E-state index in [0.29, 0.717) is 5.56 Å². The number of carbonyl (C=O) groups excluding carboxylic acids is 1. The van der Waals surface area contributed by atoms with Crippen LogP contribution >= 0.6 is 0 Å². The first kappa shape index (κ1) is 14.6. The summed E-state index contributed by atoms with van der Waals surface area (Å²) < 4.78 is 1.78. The molecule has 0 N–H and O–H groups in total. The average molecular weight is 291 g/mol. The number of aryl methyl sites for hydroxylation is 1. The first-order valence-electron chi connectivity index (χ1n) is 7.60. The molecule has 0 amide bonds. The van der Waals surface area contributed by atoms with E-state index in [0.717, 1.165) is 16.5 Å². The third kappa shape index (κ3) is 2.45. The van der Waals surface area contributed by atoms with E-state index < -0.39 is 0 Å². The Labute approximate surface area is 131 Å². The van der Waals surface area contributed by atoms with Gasteiger partial charge < -0.3 is 0 Å². The second kappa shape index (κ2) is 5.13. The number of aromatic nitrogens is 1. The molecule has 1 aromatic heterocycles. The maximum Gasteiger partial charge on any atom is 0.262 e. The van der Waals surface area contributed by atoms with Crippen molar-refractivity contribution in [1.29, 1.82) is 0 Å². The van der Waals surface area contributed by atoms with E-state index in [1.165, 1.54) is 5.56 Å². The van der Waals surface area contributed by atoms with E-state index in [1.54, 1.807) is 4.57 Å². The van der Waals surface area contributed by atoms with Crippen molar-refractivity contribution in [1.82, 2.24) is 4.57 Å². The first-order chi connectivity index (χ1) is 10.4. The Hall–Kier alpha value is -2.35. The van der Waals surface area contributed by atoms with Gasteiger partial charge in [0, 0.05) is 17.1 Å². The summed E-state index contributed by atoms with van der Waals surface area (Å²) in [7, 11) is 0. The van der Waals surface area contributed by atoms with Crippen molar-refractivity contribution in [2.24, 2.45) is 0 Å². The predicted octanol–water partition coefficient (Wildman–Crippen LogP) is 4.94. The molecule has 2 nitrogen and oxygen atoms in total. The Bertz CT molecular complexity index is 832. The van der Waals surface area contributed by atoms with Crippen molar-refractivity contribution in [2.45, 2.75) is 33.1 Å². The average Bonchev–Trinajstić information content (AvgIpc) is 2.87. The highest BCUT2D eigenvalue weighted by Crippen LogP contribution is 2.32. The van der Waals surface area contributed by atoms with Crippen molar-refractivity contribution in [3.63, 3.8) is 0 Å². The highest BCUT2D eigenvalue weighted by molar-refractivity contribution is 6.03. The summed E-state index contributed by atoms with van der Waals surface area (Å²) in [5.41, 5.74) is 4.04. The highest BCUT2D eigenvalue weighted by Gasteiger charge is 2.22. The molecule has 0 bridgehead atoms. The molecule has 0 aliphatic carbocycles. The Morgan fingerprint density at radius 3 is 2.23 bits per heavy atom. The second-order valence-corrected chi connectivity index (χ2v) is 6.85. The predicted molar refractivity (Wildman–Crippen MR) is 91.5 cm³/mol. The summed E-state index contributed by atoms with van der Waals surface area (Å²) in [4.78, 5) is 12.9. The maximum absolute atomic E-state index is 12.9. The second-order valence-electron chi connectivity index (χ2n) is 6.85. The highest BCUT2D eigenvalue weighted by atomic mass is 16.2. The van der Waals surface area contributed by atoms with Gasteiger partial charge in [-0.15, -0.1) is 0 Å². The van der Waals surface area contributed by atoms with Gasteiger partial charge in [-0.25, -0.2) is 0 Å². The molecule has 1 heterocycles. The Morgan fingerprint density at radius 2 is 1.59 bits per heavy atom. The van der Waals surface area contributed by atoms with Crippen LogP contribution in [0.5, 0.6) is 0 Å². The molecule has 0 aliphatic heterocycles. The number of benzene rings is 2. The third-order valence-corrected chi connectivity index (χ3v) is 4.04. The minimum Gasteiger partial charge on any atom is -0.283 e. The van der Waals surface area contributed by atoms with Crippen LogP contribution < -0.4 is 0 Å². The van der Waals surface area contributed by atoms with Crippen LogP contribution in [0.15, 0.2) is 54.7 Å². The fraction of sp³-hybridized carbons (Fsp3) is 0.250. The summed E-state index contributed by atoms with van der Waals surface area (Å²) in [5.74, 6) is 0.0201. The summed E-state index contributed by atoms with van der Waals surface area (Å²) in [5, 5.41) is 1.15. The molecule has 0 saturated carbocycles. The molecule has 0 aliphatic rings. The van der Waals surface area contributed by atoms with Crippen LogP contribution in [0.2, 0.25) is 0 Å². The van der Waals surface area contributed by atoms with Crippen molar-refractivity contribution < 1.29 is 4.79 Å². The summed E-state index contributed by atoms with van der Waals surface area (Å²) in [6.45, 7) is 8.55. The van der Waals surface area contributed by atoms with Crippen LogP contribution in [0.3, 0.4) is 0 Å². The molecule has 0 radical (unpaired) electrons. The van der Waals surface area contributed by atoms with Crippen molar-refractivity contribution in [3.05, 3.63) is 71.4 Å². The largest absolute Gasteiger partial charge is 0.283 e. The molecular weight excluding hydrogens is 270 g/mol. The smallest absolute Gasteiger partial charge is 0.262 e. The van der Waals surface area contributed by atoms with Crippen LogP contribution in [-0.4, -0.2) is 10.5 Å². The monoisotopic (exact) mass is 291 g/mol. The lowest BCUT2D eigenvalue weighted by atomic mass is 9.87. The van der Waals surface area contributed by atoms with Gasteiger partial charge in [0.05, 0.1) is 5.52 Å². The van der Waals surface area contributed by atoms with Crippen LogP contribution in [-0.2, 0) is 5.41 Å². The molecule has 0 atom stereocenters. The van der Waals surface area contributed by atoms with E-state index in [9.17, 15) is 4.79 Å². The zero-order chi connectivity index (χ0) is 15.9. The topological polar surface area (TPSA) is 22.0 Å². The third-order valence-electron chi connectivity index (χ3n) is 4.04. The first-order valence-corrected chi connectivity index (χ1v) is 7.60. The van der Waals surface area contributed by atoms with E-state index in [1.807, 2.05) is 55.6 Å². The quantitative estimate of drug-likeness (QED) is 0.622. The van der Waals surface area contributed by atoms with Gasteiger partial charge in [-0.3, -0.25) is 9.36 Å². The summed E-state index contributed by atoms with van der Waals surface area (Å²) >= 11 is 0. The summed E-state index contributed by atoms with van der Waals surface area (Å²) in [6.07, 6.45) is 1.99. The van der Waals surface area contributed by atoms with Gasteiger partial charge in [0.2, 0.25) is 0 Å². The van der Waals surface area contributed by atoms with Crippen LogP contribution in [0.25, 0.3) is 10.9 Å². The number of nitrogens with zero attached hydrogens (tertiary/aromatic N) is 1. The van der Waals surface area contributed by atoms with Gasteiger partial charge in [-0.2, -0.15) is 0 Å². The molecule has 2 heteroatoms. The normalized spacial score (nSPS) is 11.8. The van der Waals surface area contributed by atoms with Gasteiger partial charge in [0.25, 0.3) is 5.91 Å². The lowest BCUT2D eigenvalue weighted by Crippen LogP contribution is -2.13. The molecule has 3 aromatic rings. The lowest BCUT2D eigenvalue weighted by molar-refractivity contribution is 0.0965. The van der Waals surface area contributed by atoms with E-state index in [2.05, 4.69) is 26.8 Å². The van der Waals surface area contributed by atoms with Gasteiger partial charge in [0.15, 0.2) is 0 Å². The number of hydrogen-bond acceptors (Lipinski definition) is 1. The number of fused-ring (bicyclic) bond motifs is 1. The maximum atomic E-state index is 12.9. The zero-order valence-corrected chi connectivity index (χ0v) is 13.6. The van der Waals surface area contributed by atoms with Crippen molar-refractivity contribution in [2.75, 3.05) is 0 Å². The van der Waals surface area contributed by atoms with Crippen molar-refractivity contribution in [3.8, 4) is 0 Å². The van der Waals surface area contributed by atoms with E-state index in [4.69, 9.17) is 0 Å². The molecule has 0 unspecified atom stereocenters. The van der Waals surface area contributed by atoms with E-state index in [-0.39, 0.29) is 11.3 Å². The Kier molecular flexibility index (Phi) is 3.40.